The van der Waals surface area contributed by atoms with Gasteiger partial charge in [0.15, 0.2) is 0 Å². The van der Waals surface area contributed by atoms with E-state index in [2.05, 4.69) is 24.3 Å². The van der Waals surface area contributed by atoms with Crippen molar-refractivity contribution in [3.05, 3.63) is 24.3 Å². The van der Waals surface area contributed by atoms with E-state index in [1.807, 2.05) is 0 Å². The van der Waals surface area contributed by atoms with Gasteiger partial charge < -0.3 is 4.79 Å². The molecule has 0 aliphatic heterocycles. The van der Waals surface area contributed by atoms with Gasteiger partial charge in [0.05, 0.1) is 0 Å². The normalized spacial score (nSPS) is 22.0. The molecule has 1 unspecified atom stereocenters. The molecule has 0 spiro atoms. The van der Waals surface area contributed by atoms with Crippen LogP contribution in [0, 0.1) is 5.92 Å². The van der Waals surface area contributed by atoms with Crippen LogP contribution in [0.25, 0.3) is 0 Å². The molecule has 1 heteroatoms. The Morgan fingerprint density at radius 1 is 1.45 bits per heavy atom. The van der Waals surface area contributed by atoms with Gasteiger partial charge in [-0.05, 0) is 25.2 Å². The highest BCUT2D eigenvalue weighted by Crippen LogP contribution is 2.17. The molecule has 60 valence electrons. The van der Waals surface area contributed by atoms with Crippen molar-refractivity contribution in [2.45, 2.75) is 25.7 Å². The molecular formula is C10H14O. The third kappa shape index (κ3) is 3.17. The standard InChI is InChI=1S/C10H14O/c11-9-5-4-8-10-6-2-1-3-7-10/h1-3,6,9-10H,4-5,7-8H2. The van der Waals surface area contributed by atoms with Crippen LogP contribution in [0.4, 0.5) is 0 Å². The summed E-state index contributed by atoms with van der Waals surface area (Å²) in [6.07, 6.45) is 13.6. The minimum atomic E-state index is 0.681. The van der Waals surface area contributed by atoms with Crippen LogP contribution in [0.3, 0.4) is 0 Å². The fourth-order valence-corrected chi connectivity index (χ4v) is 1.31. The lowest BCUT2D eigenvalue weighted by atomic mass is 9.95. The topological polar surface area (TPSA) is 17.1 Å². The van der Waals surface area contributed by atoms with Gasteiger partial charge in [-0.1, -0.05) is 24.3 Å². The van der Waals surface area contributed by atoms with Crippen molar-refractivity contribution in [1.82, 2.24) is 0 Å². The maximum Gasteiger partial charge on any atom is 0.119 e. The molecule has 0 heterocycles. The highest BCUT2D eigenvalue weighted by atomic mass is 16.1. The second kappa shape index (κ2) is 4.89. The molecule has 0 bridgehead atoms. The van der Waals surface area contributed by atoms with E-state index < -0.39 is 0 Å². The van der Waals surface area contributed by atoms with E-state index in [1.54, 1.807) is 0 Å². The average molecular weight is 150 g/mol. The molecule has 0 amide bonds. The van der Waals surface area contributed by atoms with Crippen molar-refractivity contribution >= 4 is 6.29 Å². The first-order valence-corrected chi connectivity index (χ1v) is 4.20. The lowest BCUT2D eigenvalue weighted by Crippen LogP contribution is -1.97. The molecule has 11 heavy (non-hydrogen) atoms. The zero-order chi connectivity index (χ0) is 7.94. The minimum absolute atomic E-state index is 0.681. The highest BCUT2D eigenvalue weighted by molar-refractivity contribution is 5.48. The van der Waals surface area contributed by atoms with Crippen LogP contribution in [0.5, 0.6) is 0 Å². The van der Waals surface area contributed by atoms with Crippen molar-refractivity contribution < 1.29 is 4.79 Å². The lowest BCUT2D eigenvalue weighted by molar-refractivity contribution is -0.107. The molecule has 1 aliphatic carbocycles. The highest BCUT2D eigenvalue weighted by Gasteiger charge is 2.03. The third-order valence-electron chi connectivity index (χ3n) is 1.97. The van der Waals surface area contributed by atoms with Gasteiger partial charge in [0.2, 0.25) is 0 Å². The number of carbonyl (C=O) groups is 1. The van der Waals surface area contributed by atoms with Crippen LogP contribution in [0.2, 0.25) is 0 Å². The van der Waals surface area contributed by atoms with Gasteiger partial charge in [0.25, 0.3) is 0 Å². The predicted molar refractivity (Wildman–Crippen MR) is 46.3 cm³/mol. The van der Waals surface area contributed by atoms with Crippen LogP contribution < -0.4 is 0 Å². The Labute approximate surface area is 67.8 Å². The second-order valence-corrected chi connectivity index (χ2v) is 2.91. The maximum absolute atomic E-state index is 10.0. The molecule has 0 fully saturated rings. The molecule has 0 aromatic rings. The molecule has 0 saturated heterocycles. The summed E-state index contributed by atoms with van der Waals surface area (Å²) in [7, 11) is 0. The van der Waals surface area contributed by atoms with Gasteiger partial charge in [-0.3, -0.25) is 0 Å². The molecule has 1 nitrogen and oxygen atoms in total. The molecule has 1 atom stereocenters. The number of carbonyl (C=O) groups excluding carboxylic acids is 1. The Bertz CT molecular complexity index is 168. The van der Waals surface area contributed by atoms with E-state index in [0.29, 0.717) is 12.3 Å². The molecular weight excluding hydrogens is 136 g/mol. The van der Waals surface area contributed by atoms with Crippen molar-refractivity contribution in [2.75, 3.05) is 0 Å². The Hall–Kier alpha value is -0.850. The zero-order valence-electron chi connectivity index (χ0n) is 6.70. The SMILES string of the molecule is O=CCCCC1C=CC=CC1. The van der Waals surface area contributed by atoms with Crippen molar-refractivity contribution in [3.63, 3.8) is 0 Å². The number of aldehydes is 1. The summed E-state index contributed by atoms with van der Waals surface area (Å²) in [5.41, 5.74) is 0. The Balaban J connectivity index is 2.12. The van der Waals surface area contributed by atoms with E-state index >= 15 is 0 Å². The first-order valence-electron chi connectivity index (χ1n) is 4.20. The molecule has 0 N–H and O–H groups in total. The second-order valence-electron chi connectivity index (χ2n) is 2.91. The zero-order valence-corrected chi connectivity index (χ0v) is 6.70. The van der Waals surface area contributed by atoms with E-state index in [4.69, 9.17) is 0 Å². The number of rotatable bonds is 4. The van der Waals surface area contributed by atoms with E-state index in [9.17, 15) is 4.79 Å². The fourth-order valence-electron chi connectivity index (χ4n) is 1.31. The largest absolute Gasteiger partial charge is 0.303 e. The monoisotopic (exact) mass is 150 g/mol. The molecule has 0 aromatic heterocycles. The molecule has 0 radical (unpaired) electrons. The number of unbranched alkanes of at least 4 members (excludes halogenated alkanes) is 1. The molecule has 0 aromatic carbocycles. The fraction of sp³-hybridized carbons (Fsp3) is 0.500. The van der Waals surface area contributed by atoms with E-state index in [0.717, 1.165) is 25.5 Å². The van der Waals surface area contributed by atoms with Crippen LogP contribution in [-0.4, -0.2) is 6.29 Å². The van der Waals surface area contributed by atoms with Gasteiger partial charge >= 0.3 is 0 Å². The quantitative estimate of drug-likeness (QED) is 0.444. The molecule has 1 aliphatic rings. The van der Waals surface area contributed by atoms with Gasteiger partial charge in [-0.2, -0.15) is 0 Å². The summed E-state index contributed by atoms with van der Waals surface area (Å²) >= 11 is 0. The summed E-state index contributed by atoms with van der Waals surface area (Å²) < 4.78 is 0. The third-order valence-corrected chi connectivity index (χ3v) is 1.97. The summed E-state index contributed by atoms with van der Waals surface area (Å²) in [5, 5.41) is 0. The predicted octanol–water partition coefficient (Wildman–Crippen LogP) is 2.49. The summed E-state index contributed by atoms with van der Waals surface area (Å²) in [5.74, 6) is 0.681. The van der Waals surface area contributed by atoms with Gasteiger partial charge in [0.1, 0.15) is 6.29 Å². The Morgan fingerprint density at radius 3 is 3.00 bits per heavy atom. The maximum atomic E-state index is 10.0. The first kappa shape index (κ1) is 8.25. The Morgan fingerprint density at radius 2 is 2.36 bits per heavy atom. The number of allylic oxidation sites excluding steroid dienone is 4. The van der Waals surface area contributed by atoms with Crippen LogP contribution in [0.15, 0.2) is 24.3 Å². The van der Waals surface area contributed by atoms with Crippen molar-refractivity contribution in [2.24, 2.45) is 5.92 Å². The lowest BCUT2D eigenvalue weighted by Gasteiger charge is -2.10. The Kier molecular flexibility index (Phi) is 3.67. The van der Waals surface area contributed by atoms with Gasteiger partial charge in [-0.15, -0.1) is 0 Å². The summed E-state index contributed by atoms with van der Waals surface area (Å²) in [4.78, 5) is 10.0. The van der Waals surface area contributed by atoms with E-state index in [1.165, 1.54) is 0 Å². The molecule has 1 rings (SSSR count). The van der Waals surface area contributed by atoms with Crippen LogP contribution in [0.1, 0.15) is 25.7 Å². The molecule has 0 saturated carbocycles. The number of hydrogen-bond acceptors (Lipinski definition) is 1. The van der Waals surface area contributed by atoms with Crippen LogP contribution in [-0.2, 0) is 4.79 Å². The van der Waals surface area contributed by atoms with E-state index in [-0.39, 0.29) is 0 Å². The smallest absolute Gasteiger partial charge is 0.119 e. The summed E-state index contributed by atoms with van der Waals surface area (Å²) in [6, 6.07) is 0. The van der Waals surface area contributed by atoms with Crippen molar-refractivity contribution in [3.8, 4) is 0 Å². The minimum Gasteiger partial charge on any atom is -0.303 e. The average Bonchev–Trinajstić information content (AvgIpc) is 2.07. The summed E-state index contributed by atoms with van der Waals surface area (Å²) in [6.45, 7) is 0. The van der Waals surface area contributed by atoms with Crippen LogP contribution >= 0.6 is 0 Å². The van der Waals surface area contributed by atoms with Gasteiger partial charge in [0, 0.05) is 6.42 Å². The first-order chi connectivity index (χ1) is 5.43. The van der Waals surface area contributed by atoms with Crippen molar-refractivity contribution in [1.29, 1.82) is 0 Å². The van der Waals surface area contributed by atoms with Gasteiger partial charge in [-0.25, -0.2) is 0 Å². The number of hydrogen-bond donors (Lipinski definition) is 0.